The third-order valence-electron chi connectivity index (χ3n) is 2.96. The van der Waals surface area contributed by atoms with Gasteiger partial charge in [-0.2, -0.15) is 11.8 Å². The maximum Gasteiger partial charge on any atom is 0.330 e. The van der Waals surface area contributed by atoms with Crippen LogP contribution in [0.1, 0.15) is 17.0 Å². The van der Waals surface area contributed by atoms with Gasteiger partial charge in [0.1, 0.15) is 5.54 Å². The normalized spacial score (nSPS) is 21.4. The van der Waals surface area contributed by atoms with Crippen molar-refractivity contribution in [2.45, 2.75) is 12.0 Å². The van der Waals surface area contributed by atoms with E-state index in [0.29, 0.717) is 17.9 Å². The zero-order chi connectivity index (χ0) is 14.6. The fourth-order valence-corrected chi connectivity index (χ4v) is 3.18. The molecule has 0 aromatic carbocycles. The minimum absolute atomic E-state index is 0.0992. The second kappa shape index (κ2) is 6.00. The molecule has 0 saturated carbocycles. The van der Waals surface area contributed by atoms with Gasteiger partial charge in [-0.15, -0.1) is 0 Å². The van der Waals surface area contributed by atoms with E-state index in [9.17, 15) is 19.5 Å². The van der Waals surface area contributed by atoms with Gasteiger partial charge in [-0.1, -0.05) is 0 Å². The van der Waals surface area contributed by atoms with Crippen LogP contribution in [0.25, 0.3) is 0 Å². The molecular formula is C12H14N2O5S. The van der Waals surface area contributed by atoms with Crippen molar-refractivity contribution >= 4 is 29.5 Å². The Bertz CT molecular complexity index is 508. The first-order valence-electron chi connectivity index (χ1n) is 5.97. The van der Waals surface area contributed by atoms with Crippen LogP contribution >= 0.6 is 11.8 Å². The van der Waals surface area contributed by atoms with Crippen LogP contribution in [-0.2, 0) is 9.59 Å². The molecule has 1 fully saturated rings. The summed E-state index contributed by atoms with van der Waals surface area (Å²) in [4.78, 5) is 34.6. The molecule has 2 amide bonds. The SMILES string of the molecule is O=C(CNC(=O)c1ccco1)NC1(C(=O)O)CCSC1. The van der Waals surface area contributed by atoms with Gasteiger partial charge in [0.2, 0.25) is 5.91 Å². The second-order valence-corrected chi connectivity index (χ2v) is 5.50. The lowest BCUT2D eigenvalue weighted by molar-refractivity contribution is -0.146. The molecule has 7 nitrogen and oxygen atoms in total. The standard InChI is InChI=1S/C12H14N2O5S/c15-9(6-13-10(16)8-2-1-4-19-8)14-12(11(17)18)3-5-20-7-12/h1-2,4H,3,5-7H2,(H,13,16)(H,14,15)(H,17,18). The number of nitrogens with one attached hydrogen (secondary N) is 2. The summed E-state index contributed by atoms with van der Waals surface area (Å²) in [6.45, 7) is -0.292. The van der Waals surface area contributed by atoms with Crippen LogP contribution in [0.5, 0.6) is 0 Å². The van der Waals surface area contributed by atoms with Crippen molar-refractivity contribution < 1.29 is 23.9 Å². The van der Waals surface area contributed by atoms with E-state index in [4.69, 9.17) is 4.42 Å². The van der Waals surface area contributed by atoms with Crippen molar-refractivity contribution in [1.82, 2.24) is 10.6 Å². The maximum absolute atomic E-state index is 11.8. The number of rotatable bonds is 5. The molecule has 0 aliphatic carbocycles. The molecule has 1 atom stereocenters. The van der Waals surface area contributed by atoms with Crippen LogP contribution in [0.4, 0.5) is 0 Å². The van der Waals surface area contributed by atoms with E-state index < -0.39 is 23.3 Å². The first-order chi connectivity index (χ1) is 9.53. The van der Waals surface area contributed by atoms with E-state index in [2.05, 4.69) is 10.6 Å². The van der Waals surface area contributed by atoms with Crippen LogP contribution in [0.15, 0.2) is 22.8 Å². The van der Waals surface area contributed by atoms with Gasteiger partial charge in [-0.05, 0) is 24.3 Å². The molecule has 8 heteroatoms. The average molecular weight is 298 g/mol. The van der Waals surface area contributed by atoms with Gasteiger partial charge in [0, 0.05) is 5.75 Å². The number of carboxylic acid groups (broad SMARTS) is 1. The van der Waals surface area contributed by atoms with Gasteiger partial charge < -0.3 is 20.2 Å². The highest BCUT2D eigenvalue weighted by molar-refractivity contribution is 7.99. The number of hydrogen-bond donors (Lipinski definition) is 3. The maximum atomic E-state index is 11.8. The van der Waals surface area contributed by atoms with E-state index in [0.717, 1.165) is 0 Å². The molecule has 0 spiro atoms. The summed E-state index contributed by atoms with van der Waals surface area (Å²) >= 11 is 1.48. The van der Waals surface area contributed by atoms with Gasteiger partial charge in [0.05, 0.1) is 12.8 Å². The van der Waals surface area contributed by atoms with E-state index in [1.54, 1.807) is 6.07 Å². The van der Waals surface area contributed by atoms with Crippen molar-refractivity contribution in [2.75, 3.05) is 18.1 Å². The highest BCUT2D eigenvalue weighted by Crippen LogP contribution is 2.28. The van der Waals surface area contributed by atoms with Gasteiger partial charge in [0.15, 0.2) is 5.76 Å². The number of furan rings is 1. The molecule has 1 unspecified atom stereocenters. The van der Waals surface area contributed by atoms with Crippen molar-refractivity contribution in [3.05, 3.63) is 24.2 Å². The molecule has 0 bridgehead atoms. The third kappa shape index (κ3) is 3.13. The number of hydrogen-bond acceptors (Lipinski definition) is 5. The number of carbonyl (C=O) groups is 3. The molecule has 1 aliphatic rings. The monoisotopic (exact) mass is 298 g/mol. The van der Waals surface area contributed by atoms with Crippen molar-refractivity contribution in [2.24, 2.45) is 0 Å². The minimum Gasteiger partial charge on any atom is -0.479 e. The quantitative estimate of drug-likeness (QED) is 0.710. The number of carboxylic acids is 1. The summed E-state index contributed by atoms with van der Waals surface area (Å²) in [6, 6.07) is 3.03. The third-order valence-corrected chi connectivity index (χ3v) is 4.15. The van der Waals surface area contributed by atoms with Gasteiger partial charge in [-0.3, -0.25) is 9.59 Å². The lowest BCUT2D eigenvalue weighted by Crippen LogP contribution is -2.56. The van der Waals surface area contributed by atoms with E-state index >= 15 is 0 Å². The summed E-state index contributed by atoms with van der Waals surface area (Å²) in [5.41, 5.74) is -1.23. The number of amides is 2. The Labute approximate surface area is 119 Å². The first kappa shape index (κ1) is 14.4. The molecule has 1 aromatic rings. The van der Waals surface area contributed by atoms with Crippen molar-refractivity contribution in [1.29, 1.82) is 0 Å². The predicted octanol–water partition coefficient (Wildman–Crippen LogP) is 0.0859. The van der Waals surface area contributed by atoms with Crippen LogP contribution in [0, 0.1) is 0 Å². The first-order valence-corrected chi connectivity index (χ1v) is 7.13. The topological polar surface area (TPSA) is 109 Å². The molecule has 1 aliphatic heterocycles. The fraction of sp³-hybridized carbons (Fsp3) is 0.417. The lowest BCUT2D eigenvalue weighted by Gasteiger charge is -2.24. The molecule has 1 aromatic heterocycles. The average Bonchev–Trinajstić information content (AvgIpc) is 3.07. The summed E-state index contributed by atoms with van der Waals surface area (Å²) in [5, 5.41) is 14.1. The van der Waals surface area contributed by atoms with Crippen LogP contribution < -0.4 is 10.6 Å². The molecule has 20 heavy (non-hydrogen) atoms. The lowest BCUT2D eigenvalue weighted by atomic mass is 9.99. The molecule has 2 heterocycles. The number of thioether (sulfide) groups is 1. The van der Waals surface area contributed by atoms with E-state index in [1.807, 2.05) is 0 Å². The Kier molecular flexibility index (Phi) is 4.33. The predicted molar refractivity (Wildman–Crippen MR) is 71.5 cm³/mol. The molecular weight excluding hydrogens is 284 g/mol. The van der Waals surface area contributed by atoms with Gasteiger partial charge >= 0.3 is 5.97 Å². The Morgan fingerprint density at radius 3 is 2.80 bits per heavy atom. The summed E-state index contributed by atoms with van der Waals surface area (Å²) in [5.74, 6) is -0.980. The van der Waals surface area contributed by atoms with Crippen molar-refractivity contribution in [3.63, 3.8) is 0 Å². The number of aliphatic carboxylic acids is 1. The van der Waals surface area contributed by atoms with E-state index in [1.165, 1.54) is 24.1 Å². The molecule has 0 radical (unpaired) electrons. The summed E-state index contributed by atoms with van der Waals surface area (Å²) in [7, 11) is 0. The zero-order valence-electron chi connectivity index (χ0n) is 10.5. The Balaban J connectivity index is 1.86. The van der Waals surface area contributed by atoms with Gasteiger partial charge in [-0.25, -0.2) is 4.79 Å². The van der Waals surface area contributed by atoms with Gasteiger partial charge in [0.25, 0.3) is 5.91 Å². The molecule has 108 valence electrons. The van der Waals surface area contributed by atoms with Crippen LogP contribution in [0.2, 0.25) is 0 Å². The highest BCUT2D eigenvalue weighted by Gasteiger charge is 2.43. The fourth-order valence-electron chi connectivity index (χ4n) is 1.85. The minimum atomic E-state index is -1.23. The molecule has 2 rings (SSSR count). The zero-order valence-corrected chi connectivity index (χ0v) is 11.4. The van der Waals surface area contributed by atoms with Crippen LogP contribution in [-0.4, -0.2) is 46.5 Å². The summed E-state index contributed by atoms with van der Waals surface area (Å²) in [6.07, 6.45) is 1.73. The largest absolute Gasteiger partial charge is 0.479 e. The highest BCUT2D eigenvalue weighted by atomic mass is 32.2. The summed E-state index contributed by atoms with van der Waals surface area (Å²) < 4.78 is 4.88. The Morgan fingerprint density at radius 2 is 2.25 bits per heavy atom. The number of carbonyl (C=O) groups excluding carboxylic acids is 2. The molecule has 3 N–H and O–H groups in total. The second-order valence-electron chi connectivity index (χ2n) is 4.40. The molecule has 1 saturated heterocycles. The van der Waals surface area contributed by atoms with Crippen molar-refractivity contribution in [3.8, 4) is 0 Å². The van der Waals surface area contributed by atoms with Crippen LogP contribution in [0.3, 0.4) is 0 Å². The smallest absolute Gasteiger partial charge is 0.330 e. The Hall–Kier alpha value is -1.96. The van der Waals surface area contributed by atoms with E-state index in [-0.39, 0.29) is 12.3 Å². The Morgan fingerprint density at radius 1 is 1.45 bits per heavy atom.